The average Bonchev–Trinajstić information content (AvgIpc) is 3.17. The largest absolute Gasteiger partial charge is 0.507 e. The van der Waals surface area contributed by atoms with Crippen LogP contribution in [0.15, 0.2) is 125 Å². The number of rotatable bonds is 14. The van der Waals surface area contributed by atoms with E-state index < -0.39 is 35.8 Å². The zero-order valence-electron chi connectivity index (χ0n) is 28.8. The van der Waals surface area contributed by atoms with E-state index in [0.29, 0.717) is 45.3 Å². The zero-order valence-corrected chi connectivity index (χ0v) is 32.0. The molecule has 300 valence electrons. The van der Waals surface area contributed by atoms with Crippen LogP contribution in [0.4, 0.5) is 34.1 Å². The molecule has 0 unspecified atom stereocenters. The molecule has 0 heterocycles. The average molecular weight is 871 g/mol. The van der Waals surface area contributed by atoms with Crippen LogP contribution in [0.5, 0.6) is 11.5 Å². The van der Waals surface area contributed by atoms with Gasteiger partial charge in [-0.15, -0.1) is 18.9 Å². The van der Waals surface area contributed by atoms with E-state index in [1.54, 1.807) is 18.2 Å². The lowest BCUT2D eigenvalue weighted by atomic mass is 10.1. The van der Waals surface area contributed by atoms with Crippen molar-refractivity contribution in [2.45, 2.75) is 19.6 Å². The van der Waals surface area contributed by atoms with Gasteiger partial charge >= 0.3 is 0 Å². The molecule has 0 bridgehead atoms. The Hall–Kier alpha value is -5.74. The van der Waals surface area contributed by atoms with Crippen LogP contribution in [0.1, 0.15) is 11.1 Å². The number of anilines is 2. The third-order valence-electron chi connectivity index (χ3n) is 8.04. The fraction of sp³-hybridized carbons (Fsp3) is 0. The summed E-state index contributed by atoms with van der Waals surface area (Å²) in [6.07, 6.45) is 2.80. The van der Waals surface area contributed by atoms with E-state index in [1.165, 1.54) is 60.7 Å². The van der Waals surface area contributed by atoms with Gasteiger partial charge in [0.25, 0.3) is 20.2 Å². The van der Waals surface area contributed by atoms with Crippen molar-refractivity contribution in [3.8, 4) is 11.5 Å². The maximum atomic E-state index is 12.5. The van der Waals surface area contributed by atoms with E-state index in [2.05, 4.69) is 39.2 Å². The van der Waals surface area contributed by atoms with Gasteiger partial charge in [-0.25, -0.2) is 10.5 Å². The molecule has 0 aliphatic carbocycles. The monoisotopic (exact) mass is 870 g/mol. The molecular formula is C34H26N6O14S4. The number of fused-ring (bicyclic) bond motifs is 2. The van der Waals surface area contributed by atoms with Gasteiger partial charge in [-0.05, 0) is 77.9 Å². The number of phenolic OH excluding ortho intramolecular Hbond substituents is 2. The second-order valence-corrected chi connectivity index (χ2v) is 16.0. The third-order valence-corrected chi connectivity index (χ3v) is 11.0. The van der Waals surface area contributed by atoms with Crippen molar-refractivity contribution in [3.63, 3.8) is 0 Å². The summed E-state index contributed by atoms with van der Waals surface area (Å²) in [5, 5.41) is 63.1. The second kappa shape index (κ2) is 17.4. The molecule has 6 aromatic carbocycles. The predicted octanol–water partition coefficient (Wildman–Crippen LogP) is 8.92. The van der Waals surface area contributed by atoms with Crippen LogP contribution in [0, 0.1) is 0 Å². The number of nitrogen functional groups attached to an aromatic ring is 2. The van der Waals surface area contributed by atoms with E-state index in [-0.39, 0.29) is 61.1 Å². The van der Waals surface area contributed by atoms with E-state index in [9.17, 15) is 36.2 Å². The second-order valence-electron chi connectivity index (χ2n) is 11.7. The first-order valence-electron chi connectivity index (χ1n) is 15.7. The minimum Gasteiger partial charge on any atom is -0.507 e. The Balaban J connectivity index is 1.32. The smallest absolute Gasteiger partial charge is 0.295 e. The van der Waals surface area contributed by atoms with Crippen molar-refractivity contribution in [3.05, 3.63) is 96.1 Å². The number of nitrogens with two attached hydrogens (primary N) is 2. The first kappa shape index (κ1) is 41.9. The Morgan fingerprint density at radius 2 is 1.10 bits per heavy atom. The molecule has 0 amide bonds. The summed E-state index contributed by atoms with van der Waals surface area (Å²) in [4.78, 5) is -0.604. The van der Waals surface area contributed by atoms with E-state index in [4.69, 9.17) is 22.0 Å². The molecule has 0 aliphatic rings. The lowest BCUT2D eigenvalue weighted by Gasteiger charge is -2.09. The van der Waals surface area contributed by atoms with Gasteiger partial charge in [0.1, 0.15) is 27.8 Å². The fourth-order valence-corrected chi connectivity index (χ4v) is 7.62. The van der Waals surface area contributed by atoms with Gasteiger partial charge in [0.15, 0.2) is 0 Å². The van der Waals surface area contributed by atoms with Crippen molar-refractivity contribution in [1.29, 1.82) is 0 Å². The van der Waals surface area contributed by atoms with Gasteiger partial charge in [0.2, 0.25) is 0 Å². The molecule has 58 heavy (non-hydrogen) atoms. The Morgan fingerprint density at radius 1 is 0.569 bits per heavy atom. The predicted molar refractivity (Wildman–Crippen MR) is 211 cm³/mol. The molecule has 0 radical (unpaired) electrons. The summed E-state index contributed by atoms with van der Waals surface area (Å²) < 4.78 is 77.3. The molecule has 24 heteroatoms. The van der Waals surface area contributed by atoms with Crippen molar-refractivity contribution in [1.82, 2.24) is 0 Å². The number of hydrogen-bond donors (Lipinski definition) is 8. The lowest BCUT2D eigenvalue weighted by molar-refractivity contribution is -0.432. The molecule has 0 saturated carbocycles. The molecule has 0 spiro atoms. The highest BCUT2D eigenvalue weighted by Crippen LogP contribution is 2.42. The number of aromatic hydroxyl groups is 2. The molecule has 0 atom stereocenters. The first-order chi connectivity index (χ1) is 27.6. The quantitative estimate of drug-likeness (QED) is 0.00962. The molecule has 0 saturated heterocycles. The van der Waals surface area contributed by atoms with Gasteiger partial charge in [0, 0.05) is 37.4 Å². The third kappa shape index (κ3) is 9.51. The van der Waals surface area contributed by atoms with E-state index >= 15 is 0 Å². The number of benzene rings is 6. The summed E-state index contributed by atoms with van der Waals surface area (Å²) in [5.74, 6) is -0.635. The number of hydrogen-bond acceptors (Lipinski definition) is 20. The fourth-order valence-electron chi connectivity index (χ4n) is 5.44. The van der Waals surface area contributed by atoms with Crippen LogP contribution in [0.3, 0.4) is 0 Å². The van der Waals surface area contributed by atoms with Crippen molar-refractivity contribution in [2.75, 3.05) is 11.5 Å². The van der Waals surface area contributed by atoms with Gasteiger partial charge in [-0.2, -0.15) is 27.1 Å². The maximum Gasteiger partial charge on any atom is 0.295 e. The highest BCUT2D eigenvalue weighted by atomic mass is 32.2. The zero-order chi connectivity index (χ0) is 41.8. The molecule has 0 aromatic heterocycles. The highest BCUT2D eigenvalue weighted by Gasteiger charge is 2.19. The maximum absolute atomic E-state index is 12.5. The van der Waals surface area contributed by atoms with Gasteiger partial charge < -0.3 is 21.7 Å². The van der Waals surface area contributed by atoms with Crippen molar-refractivity contribution >= 4 is 112 Å². The Morgan fingerprint density at radius 3 is 1.69 bits per heavy atom. The van der Waals surface area contributed by atoms with Crippen LogP contribution in [-0.4, -0.2) is 46.7 Å². The molecule has 6 aromatic rings. The minimum atomic E-state index is -4.87. The SMILES string of the molecule is Nc1ccc2c(O)cc(SOOO)cc2c1N=Nc1ccc(C=Cc2ccc(N=Nc3c(N)ccc4c(O)cc(S(=O)(=O)O)cc34)cc2S(=O)(=O)O)c(SOOO)c1. The van der Waals surface area contributed by atoms with Gasteiger partial charge in [-0.3, -0.25) is 9.11 Å². The molecule has 20 nitrogen and oxygen atoms in total. The van der Waals surface area contributed by atoms with Gasteiger partial charge in [0.05, 0.1) is 51.7 Å². The summed E-state index contributed by atoms with van der Waals surface area (Å²) >= 11 is 1.17. The normalized spacial score (nSPS) is 12.6. The standard InChI is InChI=1S/C34H26N6O14S4/c35-27-9-7-23-25(13-21(14-29(23)41)55-53-51-43)33(27)39-37-19-5-3-17(31(11-19)56-54-52-44)1-2-18-4-6-20(12-32(18)58(48,49)50)38-40-34-26-15-22(57(45,46)47)16-30(42)24(26)8-10-28(34)36/h1-16,41-44H,35-36H2,(H,45,46,47)(H,48,49,50). The highest BCUT2D eigenvalue weighted by molar-refractivity contribution is 7.94. The minimum absolute atomic E-state index is 0.00180. The van der Waals surface area contributed by atoms with Crippen LogP contribution in [-0.2, 0) is 39.0 Å². The molecule has 6 rings (SSSR count). The van der Waals surface area contributed by atoms with Crippen molar-refractivity contribution < 1.29 is 65.4 Å². The van der Waals surface area contributed by atoms with Crippen molar-refractivity contribution in [2.24, 2.45) is 20.5 Å². The summed E-state index contributed by atoms with van der Waals surface area (Å²) in [7, 11) is -9.61. The van der Waals surface area contributed by atoms with Crippen LogP contribution in [0.2, 0.25) is 0 Å². The molecule has 0 fully saturated rings. The molecular weight excluding hydrogens is 845 g/mol. The van der Waals surface area contributed by atoms with E-state index in [0.717, 1.165) is 18.2 Å². The topological polar surface area (TPSA) is 328 Å². The van der Waals surface area contributed by atoms with Crippen LogP contribution < -0.4 is 11.5 Å². The first-order valence-corrected chi connectivity index (χ1v) is 20.1. The van der Waals surface area contributed by atoms with Crippen LogP contribution in [0.25, 0.3) is 33.7 Å². The summed E-state index contributed by atoms with van der Waals surface area (Å²) in [5.41, 5.74) is 13.1. The number of phenols is 2. The van der Waals surface area contributed by atoms with Crippen LogP contribution >= 0.6 is 24.1 Å². The Kier molecular flexibility index (Phi) is 12.6. The summed E-state index contributed by atoms with van der Waals surface area (Å²) in [6.45, 7) is 0. The lowest BCUT2D eigenvalue weighted by Crippen LogP contribution is -2.00. The number of nitrogens with zero attached hydrogens (tertiary/aromatic N) is 4. The Labute approximate surface area is 335 Å². The van der Waals surface area contributed by atoms with Gasteiger partial charge in [-0.1, -0.05) is 34.4 Å². The summed E-state index contributed by atoms with van der Waals surface area (Å²) in [6, 6.07) is 18.9. The molecule has 0 aliphatic heterocycles. The molecule has 10 N–H and O–H groups in total. The van der Waals surface area contributed by atoms with E-state index in [1.807, 2.05) is 0 Å². The Bertz CT molecular complexity index is 2890. The number of azo groups is 2.